The van der Waals surface area contributed by atoms with Gasteiger partial charge in [-0.1, -0.05) is 17.7 Å². The zero-order valence-corrected chi connectivity index (χ0v) is 16.3. The minimum absolute atomic E-state index is 0.0866. The van der Waals surface area contributed by atoms with Crippen LogP contribution in [0.1, 0.15) is 27.9 Å². The molecule has 0 atom stereocenters. The van der Waals surface area contributed by atoms with Crippen LogP contribution >= 0.6 is 11.6 Å². The van der Waals surface area contributed by atoms with Gasteiger partial charge in [0, 0.05) is 37.0 Å². The van der Waals surface area contributed by atoms with Crippen LogP contribution in [-0.4, -0.2) is 34.6 Å². The van der Waals surface area contributed by atoms with Crippen molar-refractivity contribution in [1.82, 2.24) is 14.9 Å². The Morgan fingerprint density at radius 3 is 2.76 bits per heavy atom. The number of halogens is 3. The van der Waals surface area contributed by atoms with Gasteiger partial charge in [0.1, 0.15) is 23.6 Å². The summed E-state index contributed by atoms with van der Waals surface area (Å²) in [6.07, 6.45) is 0.626. The molecule has 1 aliphatic heterocycles. The molecule has 1 aliphatic rings. The molecule has 10 heteroatoms. The number of hydrogen-bond acceptors (Lipinski definition) is 7. The summed E-state index contributed by atoms with van der Waals surface area (Å²) in [7, 11) is 0. The molecule has 0 saturated carbocycles. The largest absolute Gasteiger partial charge is 0.417 e. The molecule has 0 spiro atoms. The fourth-order valence-corrected chi connectivity index (χ4v) is 3.55. The van der Waals surface area contributed by atoms with E-state index in [0.717, 1.165) is 16.7 Å². The summed E-state index contributed by atoms with van der Waals surface area (Å²) in [5.74, 6) is 0.402. The van der Waals surface area contributed by atoms with Crippen LogP contribution < -0.4 is 10.1 Å². The van der Waals surface area contributed by atoms with E-state index in [1.54, 1.807) is 13.0 Å². The van der Waals surface area contributed by atoms with E-state index in [-0.39, 0.29) is 17.6 Å². The minimum atomic E-state index is -2.92. The van der Waals surface area contributed by atoms with E-state index >= 15 is 0 Å². The Kier molecular flexibility index (Phi) is 6.42. The standard InChI is InChI=1S/C19H17ClF2N6O/c1-11-12(2-3-16(26-11)29-19(21)22)9-28-7-4-13-15(10-28)14(8-24)17(20)27-18(13)25-6-5-23/h2-3,19H,4,6-7,9-10H2,1H3,(H,25,27). The van der Waals surface area contributed by atoms with Gasteiger partial charge in [-0.2, -0.15) is 19.3 Å². The fourth-order valence-electron chi connectivity index (χ4n) is 3.31. The van der Waals surface area contributed by atoms with Crippen molar-refractivity contribution in [1.29, 1.82) is 10.5 Å². The minimum Gasteiger partial charge on any atom is -0.417 e. The summed E-state index contributed by atoms with van der Waals surface area (Å²) < 4.78 is 29.0. The third kappa shape index (κ3) is 4.70. The van der Waals surface area contributed by atoms with Gasteiger partial charge in [0.25, 0.3) is 0 Å². The highest BCUT2D eigenvalue weighted by molar-refractivity contribution is 6.30. The quantitative estimate of drug-likeness (QED) is 0.567. The van der Waals surface area contributed by atoms with Crippen molar-refractivity contribution in [2.75, 3.05) is 18.4 Å². The lowest BCUT2D eigenvalue weighted by atomic mass is 9.96. The second-order valence-corrected chi connectivity index (χ2v) is 6.80. The van der Waals surface area contributed by atoms with Crippen molar-refractivity contribution in [3.63, 3.8) is 0 Å². The molecule has 29 heavy (non-hydrogen) atoms. The predicted molar refractivity (Wildman–Crippen MR) is 101 cm³/mol. The average molecular weight is 419 g/mol. The Bertz CT molecular complexity index is 1000. The lowest BCUT2D eigenvalue weighted by molar-refractivity contribution is -0.0529. The van der Waals surface area contributed by atoms with Crippen molar-refractivity contribution in [2.24, 2.45) is 0 Å². The Morgan fingerprint density at radius 2 is 2.10 bits per heavy atom. The number of hydrogen-bond donors (Lipinski definition) is 1. The van der Waals surface area contributed by atoms with Crippen molar-refractivity contribution >= 4 is 17.4 Å². The topological polar surface area (TPSA) is 97.9 Å². The van der Waals surface area contributed by atoms with Crippen LogP contribution in [0.5, 0.6) is 5.88 Å². The second kappa shape index (κ2) is 8.99. The monoisotopic (exact) mass is 418 g/mol. The maximum atomic E-state index is 12.3. The van der Waals surface area contributed by atoms with Gasteiger partial charge in [0.05, 0.1) is 11.6 Å². The number of aryl methyl sites for hydroxylation is 1. The summed E-state index contributed by atoms with van der Waals surface area (Å²) in [5.41, 5.74) is 3.45. The molecule has 7 nitrogen and oxygen atoms in total. The summed E-state index contributed by atoms with van der Waals surface area (Å²) in [4.78, 5) is 10.4. The summed E-state index contributed by atoms with van der Waals surface area (Å²) in [5, 5.41) is 21.4. The number of ether oxygens (including phenoxy) is 1. The van der Waals surface area contributed by atoms with Crippen molar-refractivity contribution in [3.8, 4) is 18.0 Å². The highest BCUT2D eigenvalue weighted by atomic mass is 35.5. The van der Waals surface area contributed by atoms with E-state index < -0.39 is 6.61 Å². The van der Waals surface area contributed by atoms with Crippen LogP contribution in [-0.2, 0) is 19.5 Å². The number of anilines is 1. The highest BCUT2D eigenvalue weighted by Gasteiger charge is 2.25. The molecular weight excluding hydrogens is 402 g/mol. The first kappa shape index (κ1) is 20.7. The Morgan fingerprint density at radius 1 is 1.31 bits per heavy atom. The van der Waals surface area contributed by atoms with Crippen molar-refractivity contribution < 1.29 is 13.5 Å². The number of pyridine rings is 2. The molecule has 0 unspecified atom stereocenters. The highest BCUT2D eigenvalue weighted by Crippen LogP contribution is 2.32. The van der Waals surface area contributed by atoms with Crippen LogP contribution in [0.4, 0.5) is 14.6 Å². The summed E-state index contributed by atoms with van der Waals surface area (Å²) in [6.45, 7) is 0.588. The van der Waals surface area contributed by atoms with Gasteiger partial charge in [-0.15, -0.1) is 0 Å². The lowest BCUT2D eigenvalue weighted by Gasteiger charge is -2.31. The van der Waals surface area contributed by atoms with E-state index in [2.05, 4.69) is 31.0 Å². The van der Waals surface area contributed by atoms with Crippen molar-refractivity contribution in [3.05, 3.63) is 45.2 Å². The third-order valence-electron chi connectivity index (χ3n) is 4.65. The molecule has 2 aromatic heterocycles. The molecule has 0 radical (unpaired) electrons. The number of aromatic nitrogens is 2. The molecule has 0 bridgehead atoms. The van der Waals surface area contributed by atoms with Crippen LogP contribution in [0.25, 0.3) is 0 Å². The molecular formula is C19H17ClF2N6O. The van der Waals surface area contributed by atoms with Crippen LogP contribution in [0.2, 0.25) is 5.15 Å². The van der Waals surface area contributed by atoms with Gasteiger partial charge < -0.3 is 10.1 Å². The molecule has 1 N–H and O–H groups in total. The van der Waals surface area contributed by atoms with E-state index in [4.69, 9.17) is 16.9 Å². The third-order valence-corrected chi connectivity index (χ3v) is 4.92. The number of nitriles is 2. The Hall–Kier alpha value is -3.01. The Balaban J connectivity index is 1.83. The normalized spacial score (nSPS) is 13.5. The van der Waals surface area contributed by atoms with Crippen LogP contribution in [0.3, 0.4) is 0 Å². The van der Waals surface area contributed by atoms with Gasteiger partial charge in [0.15, 0.2) is 0 Å². The van der Waals surface area contributed by atoms with Crippen LogP contribution in [0.15, 0.2) is 12.1 Å². The van der Waals surface area contributed by atoms with Gasteiger partial charge >= 0.3 is 6.61 Å². The van der Waals surface area contributed by atoms with Gasteiger partial charge in [-0.05, 0) is 24.5 Å². The first-order chi connectivity index (χ1) is 13.9. The number of alkyl halides is 2. The zero-order valence-electron chi connectivity index (χ0n) is 15.5. The van der Waals surface area contributed by atoms with Crippen LogP contribution in [0, 0.1) is 29.6 Å². The summed E-state index contributed by atoms with van der Waals surface area (Å²) in [6, 6.07) is 7.24. The lowest BCUT2D eigenvalue weighted by Crippen LogP contribution is -2.32. The molecule has 0 amide bonds. The second-order valence-electron chi connectivity index (χ2n) is 6.44. The maximum absolute atomic E-state index is 12.3. The molecule has 0 aliphatic carbocycles. The number of nitrogens with zero attached hydrogens (tertiary/aromatic N) is 5. The van der Waals surface area contributed by atoms with E-state index in [9.17, 15) is 14.0 Å². The van der Waals surface area contributed by atoms with E-state index in [1.165, 1.54) is 6.07 Å². The first-order valence-electron chi connectivity index (χ1n) is 8.78. The van der Waals surface area contributed by atoms with E-state index in [1.807, 2.05) is 6.07 Å². The van der Waals surface area contributed by atoms with Gasteiger partial charge in [0.2, 0.25) is 5.88 Å². The van der Waals surface area contributed by atoms with Gasteiger partial charge in [-0.3, -0.25) is 4.90 Å². The number of fused-ring (bicyclic) bond motifs is 1. The fraction of sp³-hybridized carbons (Fsp3) is 0.368. The molecule has 150 valence electrons. The SMILES string of the molecule is Cc1nc(OC(F)F)ccc1CN1CCc2c(NCC#N)nc(Cl)c(C#N)c2C1. The van der Waals surface area contributed by atoms with E-state index in [0.29, 0.717) is 43.1 Å². The van der Waals surface area contributed by atoms with Crippen molar-refractivity contribution in [2.45, 2.75) is 33.0 Å². The Labute approximate surface area is 171 Å². The number of nitrogens with one attached hydrogen (secondary N) is 1. The molecule has 0 fully saturated rings. The molecule has 2 aromatic rings. The maximum Gasteiger partial charge on any atom is 0.388 e. The molecule has 0 saturated heterocycles. The summed E-state index contributed by atoms with van der Waals surface area (Å²) >= 11 is 6.18. The molecule has 0 aromatic carbocycles. The first-order valence-corrected chi connectivity index (χ1v) is 9.16. The smallest absolute Gasteiger partial charge is 0.388 e. The number of rotatable bonds is 6. The average Bonchev–Trinajstić information content (AvgIpc) is 2.67. The molecule has 3 heterocycles. The zero-order chi connectivity index (χ0) is 21.0. The molecule has 3 rings (SSSR count). The predicted octanol–water partition coefficient (Wildman–Crippen LogP) is 3.41. The van der Waals surface area contributed by atoms with Gasteiger partial charge in [-0.25, -0.2) is 9.97 Å².